The number of hydrogen-bond acceptors (Lipinski definition) is 4. The SMILES string of the molecule is CN1C(=O)c2cccc(OC(F)F)c2[C@H]2C[C@@H]1c1nn3cc(F)c(=O)[nH]c3c12. The Labute approximate surface area is 155 Å². The number of fused-ring (bicyclic) bond motifs is 9. The summed E-state index contributed by atoms with van der Waals surface area (Å²) >= 11 is 0. The van der Waals surface area contributed by atoms with Crippen LogP contribution in [-0.4, -0.2) is 39.1 Å². The number of carbonyl (C=O) groups excluding carboxylic acids is 1. The van der Waals surface area contributed by atoms with Gasteiger partial charge in [0.25, 0.3) is 11.5 Å². The van der Waals surface area contributed by atoms with Crippen molar-refractivity contribution in [3.05, 3.63) is 63.0 Å². The van der Waals surface area contributed by atoms with Crippen molar-refractivity contribution in [3.8, 4) is 5.75 Å². The van der Waals surface area contributed by atoms with E-state index in [0.29, 0.717) is 23.2 Å². The van der Waals surface area contributed by atoms with Crippen molar-refractivity contribution in [2.45, 2.75) is 25.0 Å². The molecular formula is C18H13F3N4O3. The fourth-order valence-corrected chi connectivity index (χ4v) is 4.28. The standard InChI is InChI=1S/C18H13F3N4O3/c1-24-10-5-8(12-7(17(24)27)3-2-4-11(12)28-18(20)21)13-14(10)23-25-6-9(19)16(26)22-15(13)25/h2-4,6,8,10,18H,5H2,1H3,(H,22,26)/t8-,10-/m1/s1. The Hall–Kier alpha value is -3.30. The molecular weight excluding hydrogens is 377 g/mol. The molecule has 144 valence electrons. The van der Waals surface area contributed by atoms with Crippen LogP contribution in [0.4, 0.5) is 13.2 Å². The lowest BCUT2D eigenvalue weighted by Crippen LogP contribution is -2.30. The van der Waals surface area contributed by atoms with Gasteiger partial charge in [0, 0.05) is 29.7 Å². The summed E-state index contributed by atoms with van der Waals surface area (Å²) < 4.78 is 45.5. The first kappa shape index (κ1) is 16.8. The maximum Gasteiger partial charge on any atom is 0.387 e. The quantitative estimate of drug-likeness (QED) is 0.729. The number of alkyl halides is 2. The summed E-state index contributed by atoms with van der Waals surface area (Å²) in [5, 5.41) is 4.35. The molecule has 2 atom stereocenters. The average molecular weight is 390 g/mol. The highest BCUT2D eigenvalue weighted by atomic mass is 19.3. The molecule has 0 spiro atoms. The van der Waals surface area contributed by atoms with Crippen molar-refractivity contribution in [2.24, 2.45) is 0 Å². The van der Waals surface area contributed by atoms with Gasteiger partial charge in [0.15, 0.2) is 0 Å². The molecule has 0 radical (unpaired) electrons. The second-order valence-corrected chi connectivity index (χ2v) is 6.84. The molecule has 7 nitrogen and oxygen atoms in total. The third-order valence-electron chi connectivity index (χ3n) is 5.43. The van der Waals surface area contributed by atoms with Crippen LogP contribution in [0.2, 0.25) is 0 Å². The Kier molecular flexibility index (Phi) is 3.37. The number of benzene rings is 1. The molecule has 0 fully saturated rings. The van der Waals surface area contributed by atoms with Gasteiger partial charge in [0.2, 0.25) is 5.82 Å². The predicted octanol–water partition coefficient (Wildman–Crippen LogP) is 2.43. The average Bonchev–Trinajstić information content (AvgIpc) is 3.14. The molecule has 1 N–H and O–H groups in total. The highest BCUT2D eigenvalue weighted by molar-refractivity contribution is 5.98. The Bertz CT molecular complexity index is 1200. The second-order valence-electron chi connectivity index (χ2n) is 6.84. The first-order valence-electron chi connectivity index (χ1n) is 8.52. The maximum atomic E-state index is 13.7. The van der Waals surface area contributed by atoms with Crippen LogP contribution in [-0.2, 0) is 0 Å². The number of amides is 1. The topological polar surface area (TPSA) is 79.7 Å². The Morgan fingerprint density at radius 2 is 2.07 bits per heavy atom. The summed E-state index contributed by atoms with van der Waals surface area (Å²) in [6, 6.07) is 3.98. The molecule has 1 aromatic carbocycles. The highest BCUT2D eigenvalue weighted by Crippen LogP contribution is 2.53. The summed E-state index contributed by atoms with van der Waals surface area (Å²) in [5.74, 6) is -1.96. The van der Waals surface area contributed by atoms with E-state index in [4.69, 9.17) is 0 Å². The summed E-state index contributed by atoms with van der Waals surface area (Å²) in [6.45, 7) is -3.06. The first-order valence-corrected chi connectivity index (χ1v) is 8.52. The van der Waals surface area contributed by atoms with Gasteiger partial charge in [-0.3, -0.25) is 9.59 Å². The number of halogens is 3. The van der Waals surface area contributed by atoms with Crippen LogP contribution in [0.5, 0.6) is 5.75 Å². The number of carbonyl (C=O) groups is 1. The molecule has 1 amide bonds. The van der Waals surface area contributed by atoms with Crippen LogP contribution in [0, 0.1) is 5.82 Å². The molecule has 0 saturated carbocycles. The third kappa shape index (κ3) is 2.14. The number of rotatable bonds is 2. The minimum atomic E-state index is -3.06. The van der Waals surface area contributed by atoms with Gasteiger partial charge in [-0.05, 0) is 18.6 Å². The van der Waals surface area contributed by atoms with Gasteiger partial charge < -0.3 is 14.6 Å². The van der Waals surface area contributed by atoms with E-state index in [-0.39, 0.29) is 22.9 Å². The largest absolute Gasteiger partial charge is 0.434 e. The van der Waals surface area contributed by atoms with Gasteiger partial charge in [-0.1, -0.05) is 6.07 Å². The minimum Gasteiger partial charge on any atom is -0.434 e. The lowest BCUT2D eigenvalue weighted by Gasteiger charge is -2.23. The van der Waals surface area contributed by atoms with Crippen molar-refractivity contribution < 1.29 is 22.7 Å². The Balaban J connectivity index is 1.83. The van der Waals surface area contributed by atoms with Gasteiger partial charge in [-0.15, -0.1) is 0 Å². The molecule has 2 bridgehead atoms. The van der Waals surface area contributed by atoms with Crippen molar-refractivity contribution >= 4 is 11.6 Å². The Morgan fingerprint density at radius 3 is 2.82 bits per heavy atom. The summed E-state index contributed by atoms with van der Waals surface area (Å²) in [5.41, 5.74) is 1.02. The number of aromatic nitrogens is 3. The lowest BCUT2D eigenvalue weighted by molar-refractivity contribution is -0.0505. The third-order valence-corrected chi connectivity index (χ3v) is 5.43. The molecule has 28 heavy (non-hydrogen) atoms. The molecule has 0 unspecified atom stereocenters. The molecule has 2 aromatic heterocycles. The number of nitrogens with one attached hydrogen (secondary N) is 1. The summed E-state index contributed by atoms with van der Waals surface area (Å²) in [6.07, 6.45) is 1.36. The van der Waals surface area contributed by atoms with Crippen molar-refractivity contribution in [1.82, 2.24) is 19.5 Å². The molecule has 0 saturated heterocycles. The Morgan fingerprint density at radius 1 is 1.29 bits per heavy atom. The zero-order valence-electron chi connectivity index (χ0n) is 14.4. The van der Waals surface area contributed by atoms with Gasteiger partial charge in [0.05, 0.1) is 17.9 Å². The normalized spacial score (nSPS) is 20.5. The van der Waals surface area contributed by atoms with Crippen molar-refractivity contribution in [3.63, 3.8) is 0 Å². The second kappa shape index (κ2) is 5.60. The first-order chi connectivity index (χ1) is 13.4. The minimum absolute atomic E-state index is 0.100. The zero-order chi connectivity index (χ0) is 19.7. The predicted molar refractivity (Wildman–Crippen MR) is 90.1 cm³/mol. The van der Waals surface area contributed by atoms with Gasteiger partial charge in [0.1, 0.15) is 11.4 Å². The van der Waals surface area contributed by atoms with E-state index in [1.54, 1.807) is 13.1 Å². The highest BCUT2D eigenvalue weighted by Gasteiger charge is 2.46. The van der Waals surface area contributed by atoms with E-state index in [1.165, 1.54) is 21.5 Å². The van der Waals surface area contributed by atoms with Gasteiger partial charge >= 0.3 is 6.61 Å². The lowest BCUT2D eigenvalue weighted by atomic mass is 9.89. The number of H-pyrrole nitrogens is 1. The number of hydrogen-bond donors (Lipinski definition) is 1. The van der Waals surface area contributed by atoms with Crippen molar-refractivity contribution in [1.29, 1.82) is 0 Å². The molecule has 1 aliphatic carbocycles. The van der Waals surface area contributed by atoms with Crippen LogP contribution in [0.15, 0.2) is 29.2 Å². The van der Waals surface area contributed by atoms with Gasteiger partial charge in [-0.2, -0.15) is 18.3 Å². The van der Waals surface area contributed by atoms with Crippen LogP contribution >= 0.6 is 0 Å². The number of ether oxygens (including phenoxy) is 1. The summed E-state index contributed by atoms with van der Waals surface area (Å²) in [4.78, 5) is 28.7. The van der Waals surface area contributed by atoms with Crippen LogP contribution in [0.3, 0.4) is 0 Å². The number of nitrogens with zero attached hydrogens (tertiary/aromatic N) is 3. The molecule has 10 heteroatoms. The molecule has 2 aliphatic rings. The van der Waals surface area contributed by atoms with Crippen LogP contribution in [0.25, 0.3) is 5.65 Å². The molecule has 3 heterocycles. The van der Waals surface area contributed by atoms with Crippen molar-refractivity contribution in [2.75, 3.05) is 7.05 Å². The fraction of sp³-hybridized carbons (Fsp3) is 0.278. The van der Waals surface area contributed by atoms with E-state index in [9.17, 15) is 22.8 Å². The monoisotopic (exact) mass is 390 g/mol. The van der Waals surface area contributed by atoms with Crippen LogP contribution in [0.1, 0.15) is 45.6 Å². The fourth-order valence-electron chi connectivity index (χ4n) is 4.28. The van der Waals surface area contributed by atoms with E-state index < -0.39 is 29.9 Å². The summed E-state index contributed by atoms with van der Waals surface area (Å²) in [7, 11) is 1.60. The smallest absolute Gasteiger partial charge is 0.387 e. The molecule has 3 aromatic rings. The van der Waals surface area contributed by atoms with E-state index in [2.05, 4.69) is 14.8 Å². The van der Waals surface area contributed by atoms with E-state index in [1.807, 2.05) is 0 Å². The maximum absolute atomic E-state index is 13.7. The zero-order valence-corrected chi connectivity index (χ0v) is 14.4. The van der Waals surface area contributed by atoms with E-state index >= 15 is 0 Å². The van der Waals surface area contributed by atoms with Crippen LogP contribution < -0.4 is 10.3 Å². The number of aromatic amines is 1. The molecule has 1 aliphatic heterocycles. The molecule has 5 rings (SSSR count). The van der Waals surface area contributed by atoms with Gasteiger partial charge in [-0.25, -0.2) is 4.52 Å². The van der Waals surface area contributed by atoms with E-state index in [0.717, 1.165) is 6.20 Å².